The second kappa shape index (κ2) is 6.15. The fraction of sp³-hybridized carbons (Fsp3) is 0.0588. The third-order valence-electron chi connectivity index (χ3n) is 3.09. The monoisotopic (exact) mass is 357 g/mol. The van der Waals surface area contributed by atoms with Crippen molar-refractivity contribution in [3.8, 4) is 5.75 Å². The molecule has 4 nitrogen and oxygen atoms in total. The quantitative estimate of drug-likeness (QED) is 0.619. The average molecular weight is 358 g/mol. The number of aliphatic imine (C=N–C) groups is 1. The van der Waals surface area contributed by atoms with Gasteiger partial charge in [0, 0.05) is 10.0 Å². The van der Waals surface area contributed by atoms with Crippen LogP contribution in [-0.2, 0) is 9.53 Å². The number of rotatable bonds is 3. The summed E-state index contributed by atoms with van der Waals surface area (Å²) in [6, 6.07) is 14.8. The van der Waals surface area contributed by atoms with Crippen molar-refractivity contribution >= 4 is 33.9 Å². The highest BCUT2D eigenvalue weighted by molar-refractivity contribution is 9.10. The standard InChI is InChI=1S/C17H12BrNO3/c1-21-14-7-3-5-12(10-14)16-19-15(17(20)22-16)9-11-4-2-6-13(18)8-11/h2-10H,1H3/b15-9+. The highest BCUT2D eigenvalue weighted by atomic mass is 79.9. The van der Waals surface area contributed by atoms with Gasteiger partial charge in [0.2, 0.25) is 5.90 Å². The molecular weight excluding hydrogens is 346 g/mol. The molecule has 0 amide bonds. The van der Waals surface area contributed by atoms with E-state index in [4.69, 9.17) is 9.47 Å². The van der Waals surface area contributed by atoms with Crippen molar-refractivity contribution in [1.82, 2.24) is 0 Å². The van der Waals surface area contributed by atoms with E-state index < -0.39 is 5.97 Å². The molecule has 22 heavy (non-hydrogen) atoms. The van der Waals surface area contributed by atoms with E-state index in [9.17, 15) is 4.79 Å². The maximum Gasteiger partial charge on any atom is 0.363 e. The lowest BCUT2D eigenvalue weighted by atomic mass is 10.2. The van der Waals surface area contributed by atoms with Gasteiger partial charge in [-0.15, -0.1) is 0 Å². The Morgan fingerprint density at radius 1 is 1.18 bits per heavy atom. The van der Waals surface area contributed by atoms with Crippen LogP contribution in [0.3, 0.4) is 0 Å². The molecule has 110 valence electrons. The van der Waals surface area contributed by atoms with E-state index in [2.05, 4.69) is 20.9 Å². The molecule has 2 aromatic rings. The van der Waals surface area contributed by atoms with Gasteiger partial charge in [-0.2, -0.15) is 0 Å². The number of cyclic esters (lactones) is 1. The van der Waals surface area contributed by atoms with Crippen LogP contribution in [0.25, 0.3) is 6.08 Å². The Bertz CT molecular complexity index is 796. The smallest absolute Gasteiger partial charge is 0.363 e. The second-order valence-electron chi connectivity index (χ2n) is 4.62. The second-order valence-corrected chi connectivity index (χ2v) is 5.54. The SMILES string of the molecule is COc1cccc(C2=N/C(=C/c3cccc(Br)c3)C(=O)O2)c1. The molecule has 0 fully saturated rings. The first-order valence-corrected chi connectivity index (χ1v) is 7.37. The van der Waals surface area contributed by atoms with E-state index >= 15 is 0 Å². The summed E-state index contributed by atoms with van der Waals surface area (Å²) in [4.78, 5) is 16.2. The van der Waals surface area contributed by atoms with Gasteiger partial charge in [-0.25, -0.2) is 9.79 Å². The van der Waals surface area contributed by atoms with Crippen LogP contribution in [0.5, 0.6) is 5.75 Å². The van der Waals surface area contributed by atoms with Gasteiger partial charge < -0.3 is 9.47 Å². The minimum atomic E-state index is -0.460. The van der Waals surface area contributed by atoms with E-state index in [1.807, 2.05) is 42.5 Å². The van der Waals surface area contributed by atoms with E-state index in [1.165, 1.54) is 0 Å². The van der Waals surface area contributed by atoms with Crippen molar-refractivity contribution < 1.29 is 14.3 Å². The zero-order chi connectivity index (χ0) is 15.5. The van der Waals surface area contributed by atoms with Crippen molar-refractivity contribution in [3.05, 3.63) is 69.8 Å². The van der Waals surface area contributed by atoms with Gasteiger partial charge in [0.25, 0.3) is 0 Å². The number of hydrogen-bond donors (Lipinski definition) is 0. The normalized spacial score (nSPS) is 15.6. The van der Waals surface area contributed by atoms with Gasteiger partial charge >= 0.3 is 5.97 Å². The Morgan fingerprint density at radius 3 is 2.77 bits per heavy atom. The van der Waals surface area contributed by atoms with Gasteiger partial charge in [-0.1, -0.05) is 34.1 Å². The van der Waals surface area contributed by atoms with Gasteiger partial charge in [-0.3, -0.25) is 0 Å². The van der Waals surface area contributed by atoms with Gasteiger partial charge in [0.15, 0.2) is 5.70 Å². The number of carbonyl (C=O) groups is 1. The third kappa shape index (κ3) is 3.09. The van der Waals surface area contributed by atoms with Gasteiger partial charge in [-0.05, 0) is 42.0 Å². The Balaban J connectivity index is 1.94. The van der Waals surface area contributed by atoms with Crippen molar-refractivity contribution in [2.45, 2.75) is 0 Å². The summed E-state index contributed by atoms with van der Waals surface area (Å²) in [7, 11) is 1.58. The number of esters is 1. The van der Waals surface area contributed by atoms with E-state index in [1.54, 1.807) is 19.3 Å². The zero-order valence-corrected chi connectivity index (χ0v) is 13.3. The van der Waals surface area contributed by atoms with E-state index in [0.717, 1.165) is 10.0 Å². The molecule has 0 bridgehead atoms. The van der Waals surface area contributed by atoms with Gasteiger partial charge in [0.05, 0.1) is 7.11 Å². The fourth-order valence-corrected chi connectivity index (χ4v) is 2.46. The number of carbonyl (C=O) groups excluding carboxylic acids is 1. The summed E-state index contributed by atoms with van der Waals surface area (Å²) in [5.41, 5.74) is 1.85. The maximum atomic E-state index is 12.0. The molecule has 5 heteroatoms. The van der Waals surface area contributed by atoms with Crippen LogP contribution in [0.4, 0.5) is 0 Å². The zero-order valence-electron chi connectivity index (χ0n) is 11.7. The minimum Gasteiger partial charge on any atom is -0.497 e. The lowest BCUT2D eigenvalue weighted by molar-refractivity contribution is -0.129. The lowest BCUT2D eigenvalue weighted by Gasteiger charge is -2.02. The predicted molar refractivity (Wildman–Crippen MR) is 87.7 cm³/mol. The predicted octanol–water partition coefficient (Wildman–Crippen LogP) is 3.80. The third-order valence-corrected chi connectivity index (χ3v) is 3.58. The summed E-state index contributed by atoms with van der Waals surface area (Å²) >= 11 is 3.40. The summed E-state index contributed by atoms with van der Waals surface area (Å²) in [6.45, 7) is 0. The number of halogens is 1. The molecule has 0 saturated carbocycles. The van der Waals surface area contributed by atoms with Crippen LogP contribution in [-0.4, -0.2) is 19.0 Å². The molecule has 0 N–H and O–H groups in total. The molecule has 3 rings (SSSR count). The molecule has 0 spiro atoms. The molecular formula is C17H12BrNO3. The van der Waals surface area contributed by atoms with Crippen LogP contribution in [0.15, 0.2) is 63.7 Å². The van der Waals surface area contributed by atoms with Crippen molar-refractivity contribution in [2.75, 3.05) is 7.11 Å². The molecule has 1 heterocycles. The van der Waals surface area contributed by atoms with E-state index in [0.29, 0.717) is 11.3 Å². The number of nitrogens with zero attached hydrogens (tertiary/aromatic N) is 1. The highest BCUT2D eigenvalue weighted by Crippen LogP contribution is 2.22. The van der Waals surface area contributed by atoms with Crippen molar-refractivity contribution in [3.63, 3.8) is 0 Å². The molecule has 0 atom stereocenters. The van der Waals surface area contributed by atoms with Gasteiger partial charge in [0.1, 0.15) is 5.75 Å². The van der Waals surface area contributed by atoms with Crippen LogP contribution < -0.4 is 4.74 Å². The first-order chi connectivity index (χ1) is 10.7. The number of benzene rings is 2. The molecule has 1 aliphatic heterocycles. The molecule has 2 aromatic carbocycles. The molecule has 0 aliphatic carbocycles. The lowest BCUT2D eigenvalue weighted by Crippen LogP contribution is -2.05. The van der Waals surface area contributed by atoms with E-state index in [-0.39, 0.29) is 11.6 Å². The Kier molecular flexibility index (Phi) is 4.06. The summed E-state index contributed by atoms with van der Waals surface area (Å²) < 4.78 is 11.3. The Labute approximate surface area is 136 Å². The number of ether oxygens (including phenoxy) is 2. The van der Waals surface area contributed by atoms with Crippen LogP contribution in [0, 0.1) is 0 Å². The van der Waals surface area contributed by atoms with Crippen LogP contribution >= 0.6 is 15.9 Å². The number of methoxy groups -OCH3 is 1. The Hall–Kier alpha value is -2.40. The summed E-state index contributed by atoms with van der Waals surface area (Å²) in [5.74, 6) is 0.503. The maximum absolute atomic E-state index is 12.0. The summed E-state index contributed by atoms with van der Waals surface area (Å²) in [5, 5.41) is 0. The first kappa shape index (κ1) is 14.5. The fourth-order valence-electron chi connectivity index (χ4n) is 2.04. The first-order valence-electron chi connectivity index (χ1n) is 6.58. The minimum absolute atomic E-state index is 0.274. The largest absolute Gasteiger partial charge is 0.497 e. The van der Waals surface area contributed by atoms with Crippen molar-refractivity contribution in [2.24, 2.45) is 4.99 Å². The summed E-state index contributed by atoms with van der Waals surface area (Å²) in [6.07, 6.45) is 1.69. The molecule has 0 saturated heterocycles. The molecule has 0 radical (unpaired) electrons. The average Bonchev–Trinajstić information content (AvgIpc) is 2.88. The molecule has 0 unspecified atom stereocenters. The highest BCUT2D eigenvalue weighted by Gasteiger charge is 2.24. The number of hydrogen-bond acceptors (Lipinski definition) is 4. The topological polar surface area (TPSA) is 47.9 Å². The van der Waals surface area contributed by atoms with Crippen LogP contribution in [0.2, 0.25) is 0 Å². The van der Waals surface area contributed by atoms with Crippen molar-refractivity contribution in [1.29, 1.82) is 0 Å². The Morgan fingerprint density at radius 2 is 2.00 bits per heavy atom. The molecule has 0 aromatic heterocycles. The molecule has 1 aliphatic rings. The van der Waals surface area contributed by atoms with Crippen LogP contribution in [0.1, 0.15) is 11.1 Å².